The molecule has 1 rings (SSSR count). The predicted molar refractivity (Wildman–Crippen MR) is 72.5 cm³/mol. The summed E-state index contributed by atoms with van der Waals surface area (Å²) < 4.78 is 5.11. The lowest BCUT2D eigenvalue weighted by atomic mass is 9.99. The van der Waals surface area contributed by atoms with Crippen LogP contribution in [0.5, 0.6) is 0 Å². The summed E-state index contributed by atoms with van der Waals surface area (Å²) >= 11 is 0. The topological polar surface area (TPSA) is 99.1 Å². The summed E-state index contributed by atoms with van der Waals surface area (Å²) in [7, 11) is 0. The number of amides is 1. The van der Waals surface area contributed by atoms with Crippen molar-refractivity contribution in [3.05, 3.63) is 0 Å². The van der Waals surface area contributed by atoms with Crippen molar-refractivity contribution < 1.29 is 24.5 Å². The van der Waals surface area contributed by atoms with Crippen molar-refractivity contribution in [2.24, 2.45) is 0 Å². The first kappa shape index (κ1) is 16.7. The molecule has 1 aliphatic rings. The molecule has 0 spiro atoms. The van der Waals surface area contributed by atoms with Crippen LogP contribution in [-0.4, -0.2) is 64.1 Å². The first-order valence-electron chi connectivity index (χ1n) is 6.69. The van der Waals surface area contributed by atoms with Crippen LogP contribution in [0, 0.1) is 0 Å². The van der Waals surface area contributed by atoms with Gasteiger partial charge >= 0.3 is 12.1 Å². The first-order chi connectivity index (χ1) is 9.04. The number of carboxylic acid groups (broad SMARTS) is 1. The van der Waals surface area contributed by atoms with Gasteiger partial charge in [0.15, 0.2) is 5.54 Å². The average Bonchev–Trinajstić information content (AvgIpc) is 2.58. The minimum Gasteiger partial charge on any atom is -0.479 e. The van der Waals surface area contributed by atoms with E-state index in [1.807, 2.05) is 4.90 Å². The van der Waals surface area contributed by atoms with Crippen LogP contribution in [-0.2, 0) is 9.53 Å². The maximum absolute atomic E-state index is 11.8. The third-order valence-corrected chi connectivity index (χ3v) is 3.02. The number of aliphatic hydroxyl groups excluding tert-OH is 1. The van der Waals surface area contributed by atoms with Gasteiger partial charge in [0.05, 0.1) is 6.10 Å². The highest BCUT2D eigenvalue weighted by atomic mass is 16.6. The molecule has 1 fully saturated rings. The van der Waals surface area contributed by atoms with Gasteiger partial charge in [0, 0.05) is 19.6 Å². The van der Waals surface area contributed by atoms with Crippen molar-refractivity contribution in [1.82, 2.24) is 10.2 Å². The molecule has 0 saturated carbocycles. The van der Waals surface area contributed by atoms with Gasteiger partial charge in [-0.3, -0.25) is 4.90 Å². The molecule has 0 aromatic carbocycles. The Bertz CT molecular complexity index is 377. The number of alkyl carbamates (subject to hydrolysis) is 1. The number of ether oxygens (including phenoxy) is 1. The molecular formula is C13H24N2O5. The van der Waals surface area contributed by atoms with Crippen LogP contribution < -0.4 is 5.32 Å². The quantitative estimate of drug-likeness (QED) is 0.693. The number of rotatable bonds is 4. The van der Waals surface area contributed by atoms with Crippen molar-refractivity contribution in [2.75, 3.05) is 19.6 Å². The zero-order valence-corrected chi connectivity index (χ0v) is 12.5. The number of carbonyl (C=O) groups excluding carboxylic acids is 1. The number of likely N-dealkylation sites (tertiary alicyclic amines) is 1. The van der Waals surface area contributed by atoms with Crippen LogP contribution in [0.4, 0.5) is 4.79 Å². The van der Waals surface area contributed by atoms with Crippen molar-refractivity contribution in [2.45, 2.75) is 51.4 Å². The zero-order chi connectivity index (χ0) is 15.6. The van der Waals surface area contributed by atoms with Gasteiger partial charge in [-0.2, -0.15) is 0 Å². The van der Waals surface area contributed by atoms with Crippen molar-refractivity contribution in [1.29, 1.82) is 0 Å². The Kier molecular flexibility index (Phi) is 4.99. The molecule has 20 heavy (non-hydrogen) atoms. The van der Waals surface area contributed by atoms with E-state index in [-0.39, 0.29) is 13.0 Å². The monoisotopic (exact) mass is 288 g/mol. The van der Waals surface area contributed by atoms with E-state index >= 15 is 0 Å². The Morgan fingerprint density at radius 2 is 2.05 bits per heavy atom. The number of β-amino-alcohol motifs (C(OH)–C–C–N with tert-alkyl or cyclic N) is 1. The molecule has 2 unspecified atom stereocenters. The molecule has 7 nitrogen and oxygen atoms in total. The lowest BCUT2D eigenvalue weighted by Gasteiger charge is -2.28. The minimum absolute atomic E-state index is 0.159. The zero-order valence-electron chi connectivity index (χ0n) is 12.5. The van der Waals surface area contributed by atoms with Gasteiger partial charge in [0.2, 0.25) is 0 Å². The summed E-state index contributed by atoms with van der Waals surface area (Å²) in [6, 6.07) is 0. The Morgan fingerprint density at radius 1 is 1.45 bits per heavy atom. The van der Waals surface area contributed by atoms with E-state index in [1.165, 1.54) is 0 Å². The van der Waals surface area contributed by atoms with E-state index in [0.29, 0.717) is 13.1 Å². The van der Waals surface area contributed by atoms with E-state index in [9.17, 15) is 19.8 Å². The second-order valence-corrected chi connectivity index (χ2v) is 6.35. The molecule has 0 aliphatic carbocycles. The van der Waals surface area contributed by atoms with Crippen LogP contribution in [0.25, 0.3) is 0 Å². The van der Waals surface area contributed by atoms with Crippen molar-refractivity contribution >= 4 is 12.1 Å². The fourth-order valence-corrected chi connectivity index (χ4v) is 2.25. The molecule has 1 aliphatic heterocycles. The van der Waals surface area contributed by atoms with Gasteiger partial charge in [-0.25, -0.2) is 9.59 Å². The Balaban J connectivity index is 2.71. The molecule has 2 atom stereocenters. The van der Waals surface area contributed by atoms with Gasteiger partial charge in [-0.05, 0) is 34.1 Å². The average molecular weight is 288 g/mol. The molecule has 116 valence electrons. The number of aliphatic carboxylic acids is 1. The third-order valence-electron chi connectivity index (χ3n) is 3.02. The highest BCUT2D eigenvalue weighted by molar-refractivity contribution is 5.85. The van der Waals surface area contributed by atoms with Crippen LogP contribution in [0.2, 0.25) is 0 Å². The van der Waals surface area contributed by atoms with Crippen molar-refractivity contribution in [3.8, 4) is 0 Å². The second kappa shape index (κ2) is 5.97. The van der Waals surface area contributed by atoms with Crippen LogP contribution in [0.3, 0.4) is 0 Å². The van der Waals surface area contributed by atoms with Crippen LogP contribution in [0.15, 0.2) is 0 Å². The second-order valence-electron chi connectivity index (χ2n) is 6.35. The number of hydrogen-bond acceptors (Lipinski definition) is 5. The standard InChI is InChI=1S/C13H24N2O5/c1-9(16)7-15-6-5-13(8-15,10(17)18)14-11(19)20-12(2,3)4/h9,16H,5-8H2,1-4H3,(H,14,19)(H,17,18). The number of hydrogen-bond donors (Lipinski definition) is 3. The van der Waals surface area contributed by atoms with Gasteiger partial charge in [-0.1, -0.05) is 0 Å². The van der Waals surface area contributed by atoms with Gasteiger partial charge in [0.1, 0.15) is 5.60 Å². The molecule has 1 heterocycles. The summed E-state index contributed by atoms with van der Waals surface area (Å²) in [5.41, 5.74) is -2.03. The van der Waals surface area contributed by atoms with Gasteiger partial charge in [0.25, 0.3) is 0 Å². The van der Waals surface area contributed by atoms with E-state index < -0.39 is 29.3 Å². The lowest BCUT2D eigenvalue weighted by Crippen LogP contribution is -2.57. The maximum atomic E-state index is 11.8. The largest absolute Gasteiger partial charge is 0.479 e. The number of carbonyl (C=O) groups is 2. The number of nitrogens with one attached hydrogen (secondary N) is 1. The van der Waals surface area contributed by atoms with E-state index in [4.69, 9.17) is 4.74 Å². The molecule has 7 heteroatoms. The summed E-state index contributed by atoms with van der Waals surface area (Å²) in [4.78, 5) is 25.1. The number of nitrogens with zero attached hydrogens (tertiary/aromatic N) is 1. The molecule has 0 radical (unpaired) electrons. The van der Waals surface area contributed by atoms with E-state index in [2.05, 4.69) is 5.32 Å². The Labute approximate surface area is 118 Å². The molecule has 1 amide bonds. The summed E-state index contributed by atoms with van der Waals surface area (Å²) in [5, 5.41) is 21.2. The van der Waals surface area contributed by atoms with Crippen LogP contribution >= 0.6 is 0 Å². The summed E-state index contributed by atoms with van der Waals surface area (Å²) in [6.07, 6.45) is -0.992. The number of aliphatic hydroxyl groups is 1. The van der Waals surface area contributed by atoms with E-state index in [0.717, 1.165) is 0 Å². The SMILES string of the molecule is CC(O)CN1CCC(NC(=O)OC(C)(C)C)(C(=O)O)C1. The molecule has 0 aromatic heterocycles. The Morgan fingerprint density at radius 3 is 2.50 bits per heavy atom. The smallest absolute Gasteiger partial charge is 0.408 e. The summed E-state index contributed by atoms with van der Waals surface area (Å²) in [6.45, 7) is 7.84. The van der Waals surface area contributed by atoms with E-state index in [1.54, 1.807) is 27.7 Å². The molecule has 0 aromatic rings. The summed E-state index contributed by atoms with van der Waals surface area (Å²) in [5.74, 6) is -1.09. The third kappa shape index (κ3) is 4.64. The molecule has 1 saturated heterocycles. The highest BCUT2D eigenvalue weighted by Crippen LogP contribution is 2.23. The van der Waals surface area contributed by atoms with Crippen LogP contribution in [0.1, 0.15) is 34.1 Å². The fraction of sp³-hybridized carbons (Fsp3) is 0.846. The van der Waals surface area contributed by atoms with Gasteiger partial charge < -0.3 is 20.3 Å². The molecule has 0 bridgehead atoms. The number of carboxylic acids is 1. The maximum Gasteiger partial charge on any atom is 0.408 e. The molecule has 3 N–H and O–H groups in total. The Hall–Kier alpha value is -1.34. The normalized spacial score (nSPS) is 25.2. The highest BCUT2D eigenvalue weighted by Gasteiger charge is 2.47. The molecular weight excluding hydrogens is 264 g/mol. The van der Waals surface area contributed by atoms with Gasteiger partial charge in [-0.15, -0.1) is 0 Å². The predicted octanol–water partition coefficient (Wildman–Crippen LogP) is 0.421. The van der Waals surface area contributed by atoms with Crippen molar-refractivity contribution in [3.63, 3.8) is 0 Å². The fourth-order valence-electron chi connectivity index (χ4n) is 2.25. The minimum atomic E-state index is -1.35. The lowest BCUT2D eigenvalue weighted by molar-refractivity contribution is -0.144. The first-order valence-corrected chi connectivity index (χ1v) is 6.69.